The maximum atomic E-state index is 8.80. The van der Waals surface area contributed by atoms with Crippen molar-refractivity contribution in [2.24, 2.45) is 0 Å². The van der Waals surface area contributed by atoms with Crippen LogP contribution in [0.15, 0.2) is 48.5 Å². The molecule has 0 bridgehead atoms. The molecule has 2 aromatic rings. The molecule has 0 unspecified atom stereocenters. The third-order valence-corrected chi connectivity index (χ3v) is 2.63. The molecule has 0 aliphatic heterocycles. The van der Waals surface area contributed by atoms with Crippen LogP contribution in [0.25, 0.3) is 0 Å². The molecule has 2 aromatic carbocycles. The van der Waals surface area contributed by atoms with E-state index in [-0.39, 0.29) is 0 Å². The van der Waals surface area contributed by atoms with Crippen LogP contribution in [0.2, 0.25) is 5.02 Å². The fourth-order valence-corrected chi connectivity index (χ4v) is 1.71. The lowest BCUT2D eigenvalue weighted by Crippen LogP contribution is -1.88. The molecule has 0 fully saturated rings. The molecular weight excluding hydrogens is 218 g/mol. The summed E-state index contributed by atoms with van der Waals surface area (Å²) in [4.78, 5) is 0. The van der Waals surface area contributed by atoms with E-state index < -0.39 is 0 Å². The van der Waals surface area contributed by atoms with Crippen molar-refractivity contribution in [3.05, 3.63) is 70.2 Å². The Morgan fingerprint density at radius 1 is 1.00 bits per heavy atom. The molecule has 0 aliphatic carbocycles. The van der Waals surface area contributed by atoms with Gasteiger partial charge in [-0.3, -0.25) is 0 Å². The fraction of sp³-hybridized carbons (Fsp3) is 0.0714. The molecule has 0 aliphatic rings. The Hall–Kier alpha value is -1.78. The molecule has 0 spiro atoms. The van der Waals surface area contributed by atoms with Gasteiger partial charge in [0.25, 0.3) is 0 Å². The highest BCUT2D eigenvalue weighted by atomic mass is 35.5. The summed E-state index contributed by atoms with van der Waals surface area (Å²) in [6.07, 6.45) is 0.826. The largest absolute Gasteiger partial charge is 0.192 e. The van der Waals surface area contributed by atoms with Gasteiger partial charge in [-0.2, -0.15) is 5.26 Å². The van der Waals surface area contributed by atoms with E-state index in [0.29, 0.717) is 5.56 Å². The van der Waals surface area contributed by atoms with E-state index >= 15 is 0 Å². The summed E-state index contributed by atoms with van der Waals surface area (Å²) >= 11 is 5.82. The van der Waals surface area contributed by atoms with Crippen molar-refractivity contribution >= 4 is 11.6 Å². The topological polar surface area (TPSA) is 23.8 Å². The van der Waals surface area contributed by atoms with Gasteiger partial charge in [-0.05, 0) is 41.8 Å². The molecule has 0 atom stereocenters. The van der Waals surface area contributed by atoms with Crippen LogP contribution >= 0.6 is 11.6 Å². The molecule has 78 valence electrons. The number of halogens is 1. The zero-order valence-electron chi connectivity index (χ0n) is 8.65. The highest BCUT2D eigenvalue weighted by molar-refractivity contribution is 6.30. The normalized spacial score (nSPS) is 9.75. The van der Waals surface area contributed by atoms with Crippen molar-refractivity contribution in [1.82, 2.24) is 0 Å². The number of rotatable bonds is 2. The minimum atomic E-state index is 0.700. The Kier molecular flexibility index (Phi) is 3.24. The van der Waals surface area contributed by atoms with Gasteiger partial charge in [0.1, 0.15) is 0 Å². The Morgan fingerprint density at radius 3 is 2.44 bits per heavy atom. The third kappa shape index (κ3) is 2.62. The molecule has 0 heterocycles. The van der Waals surface area contributed by atoms with E-state index in [9.17, 15) is 0 Å². The first-order chi connectivity index (χ1) is 7.78. The minimum absolute atomic E-state index is 0.700. The van der Waals surface area contributed by atoms with Crippen LogP contribution < -0.4 is 0 Å². The predicted octanol–water partition coefficient (Wildman–Crippen LogP) is 3.80. The molecule has 2 heteroatoms. The Morgan fingerprint density at radius 2 is 1.75 bits per heavy atom. The van der Waals surface area contributed by atoms with E-state index in [1.165, 1.54) is 5.56 Å². The van der Waals surface area contributed by atoms with Crippen molar-refractivity contribution in [2.45, 2.75) is 6.42 Å². The van der Waals surface area contributed by atoms with Crippen LogP contribution in [0, 0.1) is 11.3 Å². The second-order valence-electron chi connectivity index (χ2n) is 3.62. The van der Waals surface area contributed by atoms with Gasteiger partial charge >= 0.3 is 0 Å². The molecule has 1 nitrogen and oxygen atoms in total. The summed E-state index contributed by atoms with van der Waals surface area (Å²) < 4.78 is 0. The SMILES string of the molecule is N#Cc1cccc(Cc2ccc(Cl)cc2)c1. The number of hydrogen-bond acceptors (Lipinski definition) is 1. The van der Waals surface area contributed by atoms with Crippen molar-refractivity contribution < 1.29 is 0 Å². The van der Waals surface area contributed by atoms with E-state index in [1.807, 2.05) is 48.5 Å². The Balaban J connectivity index is 2.21. The maximum Gasteiger partial charge on any atom is 0.0991 e. The van der Waals surface area contributed by atoms with Crippen LogP contribution in [-0.2, 0) is 6.42 Å². The van der Waals surface area contributed by atoms with Crippen LogP contribution in [0.3, 0.4) is 0 Å². The quantitative estimate of drug-likeness (QED) is 0.766. The second kappa shape index (κ2) is 4.83. The molecule has 0 saturated carbocycles. The van der Waals surface area contributed by atoms with E-state index in [4.69, 9.17) is 16.9 Å². The highest BCUT2D eigenvalue weighted by Crippen LogP contribution is 2.14. The summed E-state index contributed by atoms with van der Waals surface area (Å²) in [5, 5.41) is 9.54. The van der Waals surface area contributed by atoms with Crippen molar-refractivity contribution in [3.63, 3.8) is 0 Å². The number of benzene rings is 2. The summed E-state index contributed by atoms with van der Waals surface area (Å²) in [5.41, 5.74) is 3.03. The molecule has 0 radical (unpaired) electrons. The van der Waals surface area contributed by atoms with Gasteiger partial charge in [-0.15, -0.1) is 0 Å². The third-order valence-electron chi connectivity index (χ3n) is 2.38. The highest BCUT2D eigenvalue weighted by Gasteiger charge is 1.98. The lowest BCUT2D eigenvalue weighted by Gasteiger charge is -2.02. The first kappa shape index (κ1) is 10.7. The maximum absolute atomic E-state index is 8.80. The zero-order valence-corrected chi connectivity index (χ0v) is 9.41. The Bertz CT molecular complexity index is 523. The number of nitriles is 1. The minimum Gasteiger partial charge on any atom is -0.192 e. The average Bonchev–Trinajstić information content (AvgIpc) is 2.32. The van der Waals surface area contributed by atoms with Crippen LogP contribution in [-0.4, -0.2) is 0 Å². The number of nitrogens with zero attached hydrogens (tertiary/aromatic N) is 1. The lowest BCUT2D eigenvalue weighted by atomic mass is 10.0. The number of hydrogen-bond donors (Lipinski definition) is 0. The van der Waals surface area contributed by atoms with E-state index in [2.05, 4.69) is 6.07 Å². The summed E-state index contributed by atoms with van der Waals surface area (Å²) in [7, 11) is 0. The molecule has 0 N–H and O–H groups in total. The van der Waals surface area contributed by atoms with Crippen LogP contribution in [0.5, 0.6) is 0 Å². The van der Waals surface area contributed by atoms with Gasteiger partial charge in [-0.1, -0.05) is 35.9 Å². The summed E-state index contributed by atoms with van der Waals surface area (Å²) in [6.45, 7) is 0. The summed E-state index contributed by atoms with van der Waals surface area (Å²) in [5.74, 6) is 0. The molecule has 16 heavy (non-hydrogen) atoms. The van der Waals surface area contributed by atoms with Crippen molar-refractivity contribution in [1.29, 1.82) is 5.26 Å². The van der Waals surface area contributed by atoms with Crippen molar-refractivity contribution in [2.75, 3.05) is 0 Å². The lowest BCUT2D eigenvalue weighted by molar-refractivity contribution is 1.19. The van der Waals surface area contributed by atoms with Gasteiger partial charge in [0.15, 0.2) is 0 Å². The Labute approximate surface area is 99.9 Å². The van der Waals surface area contributed by atoms with Crippen molar-refractivity contribution in [3.8, 4) is 6.07 Å². The monoisotopic (exact) mass is 227 g/mol. The first-order valence-corrected chi connectivity index (χ1v) is 5.39. The van der Waals surface area contributed by atoms with Gasteiger partial charge < -0.3 is 0 Å². The van der Waals surface area contributed by atoms with E-state index in [1.54, 1.807) is 0 Å². The van der Waals surface area contributed by atoms with Gasteiger partial charge in [0.2, 0.25) is 0 Å². The van der Waals surface area contributed by atoms with Crippen LogP contribution in [0.1, 0.15) is 16.7 Å². The molecular formula is C14H10ClN. The fourth-order valence-electron chi connectivity index (χ4n) is 1.59. The van der Waals surface area contributed by atoms with Crippen LogP contribution in [0.4, 0.5) is 0 Å². The average molecular weight is 228 g/mol. The zero-order chi connectivity index (χ0) is 11.4. The second-order valence-corrected chi connectivity index (χ2v) is 4.05. The standard InChI is InChI=1S/C14H10ClN/c15-14-6-4-11(5-7-14)8-12-2-1-3-13(9-12)10-16/h1-7,9H,8H2. The smallest absolute Gasteiger partial charge is 0.0991 e. The van der Waals surface area contributed by atoms with E-state index in [0.717, 1.165) is 17.0 Å². The predicted molar refractivity (Wildman–Crippen MR) is 65.4 cm³/mol. The van der Waals surface area contributed by atoms with Gasteiger partial charge in [-0.25, -0.2) is 0 Å². The first-order valence-electron chi connectivity index (χ1n) is 5.01. The molecule has 2 rings (SSSR count). The molecule has 0 amide bonds. The molecule has 0 saturated heterocycles. The van der Waals surface area contributed by atoms with Gasteiger partial charge in [0.05, 0.1) is 11.6 Å². The van der Waals surface area contributed by atoms with Gasteiger partial charge in [0, 0.05) is 5.02 Å². The summed E-state index contributed by atoms with van der Waals surface area (Å²) in [6, 6.07) is 17.6. The molecule has 0 aromatic heterocycles.